The zero-order valence-corrected chi connectivity index (χ0v) is 14.8. The Labute approximate surface area is 152 Å². The molecule has 0 bridgehead atoms. The molecule has 138 valence electrons. The van der Waals surface area contributed by atoms with Gasteiger partial charge in [0.2, 0.25) is 5.91 Å². The van der Waals surface area contributed by atoms with Crippen LogP contribution in [-0.4, -0.2) is 36.4 Å². The van der Waals surface area contributed by atoms with Crippen molar-refractivity contribution in [3.8, 4) is 5.75 Å². The fourth-order valence-electron chi connectivity index (χ4n) is 4.00. The summed E-state index contributed by atoms with van der Waals surface area (Å²) >= 11 is 0. The zero-order valence-electron chi connectivity index (χ0n) is 14.8. The minimum atomic E-state index is -0.335. The summed E-state index contributed by atoms with van der Waals surface area (Å²) in [4.78, 5) is 25.5. The smallest absolute Gasteiger partial charge is 0.260 e. The van der Waals surface area contributed by atoms with Crippen LogP contribution in [0.15, 0.2) is 22.6 Å². The van der Waals surface area contributed by atoms with Crippen LogP contribution in [0.5, 0.6) is 5.75 Å². The topological polar surface area (TPSA) is 85.8 Å². The molecule has 1 aliphatic carbocycles. The molecule has 0 spiro atoms. The summed E-state index contributed by atoms with van der Waals surface area (Å²) in [5, 5.41) is 1.09. The third kappa shape index (κ3) is 3.28. The number of ether oxygens (including phenoxy) is 1. The maximum absolute atomic E-state index is 12.4. The van der Waals surface area contributed by atoms with Crippen molar-refractivity contribution < 1.29 is 18.7 Å². The minimum absolute atomic E-state index is 0.0307. The number of primary amides is 1. The first kappa shape index (κ1) is 16.9. The molecular formula is C20H24N2O4. The van der Waals surface area contributed by atoms with Gasteiger partial charge in [0.25, 0.3) is 5.91 Å². The molecule has 2 N–H and O–H groups in total. The number of hydrogen-bond donors (Lipinski definition) is 1. The highest BCUT2D eigenvalue weighted by molar-refractivity contribution is 5.84. The number of carbonyl (C=O) groups is 2. The lowest BCUT2D eigenvalue weighted by atomic mass is 9.96. The molecule has 1 atom stereocenters. The first-order chi connectivity index (χ1) is 12.6. The molecule has 2 amide bonds. The van der Waals surface area contributed by atoms with Gasteiger partial charge in [-0.3, -0.25) is 9.59 Å². The van der Waals surface area contributed by atoms with Gasteiger partial charge in [0.15, 0.2) is 6.61 Å². The number of nitrogens with zero attached hydrogens (tertiary/aromatic N) is 1. The number of aryl methyl sites for hydroxylation is 2. The standard InChI is InChI=1S/C20H24N2O4/c21-20(24)13-4-3-9-22(11-13)19(23)12-25-14-7-8-18-16(10-14)15-5-1-2-6-17(15)26-18/h7-8,10,13H,1-6,9,11-12H2,(H2,21,24)/t13-/m1/s1. The normalized spacial score (nSPS) is 20.0. The monoisotopic (exact) mass is 356 g/mol. The van der Waals surface area contributed by atoms with E-state index in [2.05, 4.69) is 0 Å². The molecule has 1 fully saturated rings. The fourth-order valence-corrected chi connectivity index (χ4v) is 4.00. The van der Waals surface area contributed by atoms with Gasteiger partial charge in [-0.15, -0.1) is 0 Å². The van der Waals surface area contributed by atoms with Crippen LogP contribution in [0.1, 0.15) is 37.0 Å². The molecule has 0 radical (unpaired) electrons. The second kappa shape index (κ2) is 7.02. The summed E-state index contributed by atoms with van der Waals surface area (Å²) < 4.78 is 11.7. The minimum Gasteiger partial charge on any atom is -0.484 e. The number of carbonyl (C=O) groups excluding carboxylic acids is 2. The number of amides is 2. The molecule has 1 saturated heterocycles. The predicted molar refractivity (Wildman–Crippen MR) is 96.8 cm³/mol. The average molecular weight is 356 g/mol. The molecule has 6 heteroatoms. The Bertz CT molecular complexity index is 842. The molecule has 2 aliphatic rings. The van der Waals surface area contributed by atoms with Crippen LogP contribution in [0.4, 0.5) is 0 Å². The van der Waals surface area contributed by atoms with E-state index in [1.165, 1.54) is 18.4 Å². The molecule has 4 rings (SSSR count). The molecule has 0 unspecified atom stereocenters. The van der Waals surface area contributed by atoms with E-state index in [0.717, 1.165) is 42.4 Å². The summed E-state index contributed by atoms with van der Waals surface area (Å²) in [6, 6.07) is 5.73. The Kier molecular flexibility index (Phi) is 4.57. The summed E-state index contributed by atoms with van der Waals surface area (Å²) in [7, 11) is 0. The Morgan fingerprint density at radius 1 is 1.23 bits per heavy atom. The molecular weight excluding hydrogens is 332 g/mol. The zero-order chi connectivity index (χ0) is 18.1. The summed E-state index contributed by atoms with van der Waals surface area (Å²) in [5.74, 6) is 1.07. The Morgan fingerprint density at radius 3 is 2.92 bits per heavy atom. The maximum atomic E-state index is 12.4. The van der Waals surface area contributed by atoms with E-state index >= 15 is 0 Å². The number of nitrogens with two attached hydrogens (primary N) is 1. The number of rotatable bonds is 4. The van der Waals surface area contributed by atoms with Gasteiger partial charge in [0.1, 0.15) is 17.1 Å². The lowest BCUT2D eigenvalue weighted by molar-refractivity contribution is -0.136. The van der Waals surface area contributed by atoms with Crippen molar-refractivity contribution in [3.63, 3.8) is 0 Å². The molecule has 26 heavy (non-hydrogen) atoms. The van der Waals surface area contributed by atoms with Gasteiger partial charge in [0, 0.05) is 30.5 Å². The van der Waals surface area contributed by atoms with Gasteiger partial charge in [-0.1, -0.05) is 0 Å². The van der Waals surface area contributed by atoms with Gasteiger partial charge in [0.05, 0.1) is 5.92 Å². The van der Waals surface area contributed by atoms with Crippen molar-refractivity contribution in [2.75, 3.05) is 19.7 Å². The second-order valence-electron chi connectivity index (χ2n) is 7.24. The molecule has 2 heterocycles. The van der Waals surface area contributed by atoms with E-state index < -0.39 is 0 Å². The molecule has 1 aromatic heterocycles. The largest absolute Gasteiger partial charge is 0.484 e. The molecule has 2 aromatic rings. The van der Waals surface area contributed by atoms with Crippen molar-refractivity contribution in [2.24, 2.45) is 11.7 Å². The van der Waals surface area contributed by atoms with Gasteiger partial charge in [-0.05, 0) is 50.3 Å². The summed E-state index contributed by atoms with van der Waals surface area (Å²) in [6.45, 7) is 1.02. The van der Waals surface area contributed by atoms with E-state index in [1.807, 2.05) is 18.2 Å². The van der Waals surface area contributed by atoms with E-state index in [-0.39, 0.29) is 24.3 Å². The quantitative estimate of drug-likeness (QED) is 0.911. The molecule has 6 nitrogen and oxygen atoms in total. The Morgan fingerprint density at radius 2 is 2.08 bits per heavy atom. The molecule has 1 aromatic carbocycles. The van der Waals surface area contributed by atoms with Crippen molar-refractivity contribution >= 4 is 22.8 Å². The van der Waals surface area contributed by atoms with Crippen molar-refractivity contribution in [3.05, 3.63) is 29.5 Å². The highest BCUT2D eigenvalue weighted by atomic mass is 16.5. The first-order valence-electron chi connectivity index (χ1n) is 9.36. The van der Waals surface area contributed by atoms with E-state index in [4.69, 9.17) is 14.9 Å². The first-order valence-corrected chi connectivity index (χ1v) is 9.36. The summed E-state index contributed by atoms with van der Waals surface area (Å²) in [6.07, 6.45) is 5.93. The summed E-state index contributed by atoms with van der Waals surface area (Å²) in [5.41, 5.74) is 7.54. The highest BCUT2D eigenvalue weighted by Crippen LogP contribution is 2.34. The Balaban J connectivity index is 1.42. The Hall–Kier alpha value is -2.50. The predicted octanol–water partition coefficient (Wildman–Crippen LogP) is 2.41. The number of fused-ring (bicyclic) bond motifs is 3. The van der Waals surface area contributed by atoms with E-state index in [0.29, 0.717) is 18.8 Å². The van der Waals surface area contributed by atoms with E-state index in [9.17, 15) is 9.59 Å². The van der Waals surface area contributed by atoms with Crippen LogP contribution in [0.25, 0.3) is 11.0 Å². The van der Waals surface area contributed by atoms with Gasteiger partial charge in [-0.25, -0.2) is 0 Å². The molecule has 1 aliphatic heterocycles. The van der Waals surface area contributed by atoms with Crippen molar-refractivity contribution in [2.45, 2.75) is 38.5 Å². The lowest BCUT2D eigenvalue weighted by Crippen LogP contribution is -2.45. The number of likely N-dealkylation sites (tertiary alicyclic amines) is 1. The number of benzene rings is 1. The van der Waals surface area contributed by atoms with Gasteiger partial charge >= 0.3 is 0 Å². The van der Waals surface area contributed by atoms with Crippen LogP contribution in [0, 0.1) is 5.92 Å². The van der Waals surface area contributed by atoms with Crippen molar-refractivity contribution in [1.29, 1.82) is 0 Å². The number of piperidine rings is 1. The SMILES string of the molecule is NC(=O)[C@@H]1CCCN(C(=O)COc2ccc3oc4c(c3c2)CCCC4)C1. The third-order valence-corrected chi connectivity index (χ3v) is 5.47. The van der Waals surface area contributed by atoms with Gasteiger partial charge < -0.3 is 19.8 Å². The third-order valence-electron chi connectivity index (χ3n) is 5.47. The van der Waals surface area contributed by atoms with Crippen LogP contribution in [-0.2, 0) is 22.4 Å². The highest BCUT2D eigenvalue weighted by Gasteiger charge is 2.27. The van der Waals surface area contributed by atoms with E-state index in [1.54, 1.807) is 4.90 Å². The fraction of sp³-hybridized carbons (Fsp3) is 0.500. The van der Waals surface area contributed by atoms with Gasteiger partial charge in [-0.2, -0.15) is 0 Å². The van der Waals surface area contributed by atoms with Crippen LogP contribution in [0.2, 0.25) is 0 Å². The maximum Gasteiger partial charge on any atom is 0.260 e. The lowest BCUT2D eigenvalue weighted by Gasteiger charge is -2.31. The number of hydrogen-bond acceptors (Lipinski definition) is 4. The van der Waals surface area contributed by atoms with Crippen LogP contribution >= 0.6 is 0 Å². The van der Waals surface area contributed by atoms with Crippen LogP contribution in [0.3, 0.4) is 0 Å². The second-order valence-corrected chi connectivity index (χ2v) is 7.24. The number of furan rings is 1. The van der Waals surface area contributed by atoms with Crippen LogP contribution < -0.4 is 10.5 Å². The average Bonchev–Trinajstić information content (AvgIpc) is 3.04. The van der Waals surface area contributed by atoms with Crippen molar-refractivity contribution in [1.82, 2.24) is 4.90 Å². The molecule has 0 saturated carbocycles.